The minimum atomic E-state index is -1.52. The normalized spacial score (nSPS) is 25.5. The molecular formula is C27H28ClN3O7. The highest BCUT2D eigenvalue weighted by atomic mass is 35.5. The largest absolute Gasteiger partial charge is 0.493 e. The van der Waals surface area contributed by atoms with Gasteiger partial charge in [-0.3, -0.25) is 29.4 Å². The Kier molecular flexibility index (Phi) is 6.56. The second-order valence-corrected chi connectivity index (χ2v) is 10.3. The molecule has 11 heteroatoms. The van der Waals surface area contributed by atoms with Crippen molar-refractivity contribution in [3.8, 4) is 11.5 Å². The van der Waals surface area contributed by atoms with Crippen LogP contribution in [0.25, 0.3) is 0 Å². The third-order valence-corrected chi connectivity index (χ3v) is 8.05. The zero-order valence-corrected chi connectivity index (χ0v) is 21.9. The predicted molar refractivity (Wildman–Crippen MR) is 137 cm³/mol. The molecular weight excluding hydrogens is 514 g/mol. The van der Waals surface area contributed by atoms with Crippen molar-refractivity contribution in [3.63, 3.8) is 0 Å². The van der Waals surface area contributed by atoms with Crippen LogP contribution in [0.2, 0.25) is 5.02 Å². The van der Waals surface area contributed by atoms with Crippen LogP contribution < -0.4 is 20.1 Å². The monoisotopic (exact) mass is 541 g/mol. The minimum Gasteiger partial charge on any atom is -0.493 e. The number of ether oxygens (including phenoxy) is 2. The first-order valence-corrected chi connectivity index (χ1v) is 12.7. The van der Waals surface area contributed by atoms with Crippen molar-refractivity contribution in [1.29, 1.82) is 0 Å². The van der Waals surface area contributed by atoms with E-state index in [2.05, 4.69) is 10.6 Å². The van der Waals surface area contributed by atoms with E-state index in [1.807, 2.05) is 13.0 Å². The van der Waals surface area contributed by atoms with E-state index in [-0.39, 0.29) is 19.4 Å². The number of likely N-dealkylation sites (tertiary alicyclic amines) is 1. The van der Waals surface area contributed by atoms with Crippen molar-refractivity contribution < 1.29 is 33.8 Å². The maximum absolute atomic E-state index is 13.9. The first kappa shape index (κ1) is 26.0. The van der Waals surface area contributed by atoms with Crippen molar-refractivity contribution in [3.05, 3.63) is 52.0 Å². The molecule has 3 N–H and O–H groups in total. The summed E-state index contributed by atoms with van der Waals surface area (Å²) in [6.07, 6.45) is 0.237. The van der Waals surface area contributed by atoms with E-state index in [1.54, 1.807) is 24.3 Å². The number of hydrogen-bond acceptors (Lipinski definition) is 7. The maximum atomic E-state index is 13.9. The van der Waals surface area contributed by atoms with Crippen LogP contribution in [0.1, 0.15) is 29.5 Å². The van der Waals surface area contributed by atoms with Crippen LogP contribution in [-0.2, 0) is 31.1 Å². The number of rotatable bonds is 8. The van der Waals surface area contributed by atoms with Crippen molar-refractivity contribution >= 4 is 41.0 Å². The van der Waals surface area contributed by atoms with Gasteiger partial charge in [0.25, 0.3) is 0 Å². The number of aryl methyl sites for hydroxylation is 1. The fraction of sp³-hybridized carbons (Fsp3) is 0.407. The minimum absolute atomic E-state index is 0.0863. The summed E-state index contributed by atoms with van der Waals surface area (Å²) < 4.78 is 10.6. The molecule has 2 fully saturated rings. The van der Waals surface area contributed by atoms with E-state index in [0.29, 0.717) is 34.2 Å². The summed E-state index contributed by atoms with van der Waals surface area (Å²) in [5.74, 6) is -3.21. The van der Waals surface area contributed by atoms with Crippen molar-refractivity contribution in [1.82, 2.24) is 10.2 Å². The highest BCUT2D eigenvalue weighted by molar-refractivity contribution is 6.35. The van der Waals surface area contributed by atoms with Crippen molar-refractivity contribution in [2.24, 2.45) is 11.8 Å². The number of nitrogens with one attached hydrogen (secondary N) is 2. The molecule has 0 unspecified atom stereocenters. The Hall–Kier alpha value is -3.63. The number of carboxylic acid groups (broad SMARTS) is 1. The van der Waals surface area contributed by atoms with E-state index in [1.165, 1.54) is 19.1 Å². The SMILES string of the molecule is COc1ccc(CCN2C(=O)[C@@H]3[C@@H](CCC(=O)O)N[C@]4(C(=O)Nc5c(Cl)cc(C)cc54)[C@H]3C2=O)cc1OC. The molecule has 3 amide bonds. The lowest BCUT2D eigenvalue weighted by Gasteiger charge is -2.29. The standard InChI is InChI=1S/C27H28ClN3O7/c1-13-10-15-23(16(28)11-13)29-26(36)27(15)22-21(17(30-27)5-7-20(32)33)24(34)31(25(22)35)9-8-14-4-6-18(37-2)19(12-14)38-3/h4,6,10-12,17,21-22,30H,5,7-9H2,1-3H3,(H,29,36)(H,32,33)/t17-,21-,22-,27+/m1/s1. The van der Waals surface area contributed by atoms with Gasteiger partial charge in [-0.25, -0.2) is 0 Å². The second kappa shape index (κ2) is 9.59. The molecule has 2 aromatic carbocycles. The summed E-state index contributed by atoms with van der Waals surface area (Å²) in [4.78, 5) is 53.7. The van der Waals surface area contributed by atoms with Gasteiger partial charge in [0, 0.05) is 24.6 Å². The highest BCUT2D eigenvalue weighted by Gasteiger charge is 2.70. The lowest BCUT2D eigenvalue weighted by atomic mass is 9.76. The molecule has 0 bridgehead atoms. The molecule has 3 aliphatic rings. The van der Waals surface area contributed by atoms with Gasteiger partial charge in [-0.15, -0.1) is 0 Å². The molecule has 3 heterocycles. The molecule has 0 radical (unpaired) electrons. The van der Waals surface area contributed by atoms with Gasteiger partial charge in [0.2, 0.25) is 17.7 Å². The average molecular weight is 542 g/mol. The van der Waals surface area contributed by atoms with Crippen LogP contribution in [0.15, 0.2) is 30.3 Å². The summed E-state index contributed by atoms with van der Waals surface area (Å²) in [6.45, 7) is 1.93. The first-order chi connectivity index (χ1) is 18.1. The van der Waals surface area contributed by atoms with E-state index >= 15 is 0 Å². The number of carbonyl (C=O) groups excluding carboxylic acids is 3. The predicted octanol–water partition coefficient (Wildman–Crippen LogP) is 2.49. The molecule has 38 heavy (non-hydrogen) atoms. The van der Waals surface area contributed by atoms with Gasteiger partial charge in [-0.05, 0) is 49.1 Å². The molecule has 2 saturated heterocycles. The maximum Gasteiger partial charge on any atom is 0.303 e. The van der Waals surface area contributed by atoms with Crippen LogP contribution in [0.5, 0.6) is 11.5 Å². The summed E-state index contributed by atoms with van der Waals surface area (Å²) in [5.41, 5.74) is 1.00. The number of carboxylic acids is 1. The Labute approximate surface area is 224 Å². The van der Waals surface area contributed by atoms with Crippen LogP contribution in [0.3, 0.4) is 0 Å². The molecule has 2 aromatic rings. The number of anilines is 1. The Morgan fingerprint density at radius 1 is 1.11 bits per heavy atom. The van der Waals surface area contributed by atoms with Crippen LogP contribution in [0.4, 0.5) is 5.69 Å². The van der Waals surface area contributed by atoms with E-state index in [0.717, 1.165) is 11.1 Å². The molecule has 0 aliphatic carbocycles. The topological polar surface area (TPSA) is 134 Å². The summed E-state index contributed by atoms with van der Waals surface area (Å²) in [6, 6.07) is 8.18. The zero-order valence-electron chi connectivity index (χ0n) is 21.2. The van der Waals surface area contributed by atoms with Gasteiger partial charge in [0.1, 0.15) is 5.54 Å². The third-order valence-electron chi connectivity index (χ3n) is 7.75. The van der Waals surface area contributed by atoms with Gasteiger partial charge in [0.15, 0.2) is 11.5 Å². The highest BCUT2D eigenvalue weighted by Crippen LogP contribution is 2.55. The molecule has 1 spiro atoms. The number of halogens is 1. The van der Waals surface area contributed by atoms with Crippen LogP contribution in [-0.4, -0.2) is 60.5 Å². The first-order valence-electron chi connectivity index (χ1n) is 12.3. The average Bonchev–Trinajstić information content (AvgIpc) is 3.46. The van der Waals surface area contributed by atoms with E-state index in [4.69, 9.17) is 21.1 Å². The lowest BCUT2D eigenvalue weighted by molar-refractivity contribution is -0.143. The Bertz CT molecular complexity index is 1360. The van der Waals surface area contributed by atoms with Gasteiger partial charge < -0.3 is 19.9 Å². The third kappa shape index (κ3) is 3.90. The Balaban J connectivity index is 1.50. The Morgan fingerprint density at radius 3 is 2.53 bits per heavy atom. The number of benzene rings is 2. The van der Waals surface area contributed by atoms with Crippen molar-refractivity contribution in [2.75, 3.05) is 26.1 Å². The van der Waals surface area contributed by atoms with Gasteiger partial charge in [-0.1, -0.05) is 23.7 Å². The molecule has 0 aromatic heterocycles. The number of hydrogen-bond donors (Lipinski definition) is 3. The van der Waals surface area contributed by atoms with Gasteiger partial charge in [-0.2, -0.15) is 0 Å². The van der Waals surface area contributed by atoms with E-state index < -0.39 is 47.1 Å². The molecule has 5 rings (SSSR count). The number of aliphatic carboxylic acids is 1. The van der Waals surface area contributed by atoms with Gasteiger partial charge >= 0.3 is 5.97 Å². The van der Waals surface area contributed by atoms with E-state index in [9.17, 15) is 24.3 Å². The Morgan fingerprint density at radius 2 is 1.84 bits per heavy atom. The fourth-order valence-electron chi connectivity index (χ4n) is 6.08. The quantitative estimate of drug-likeness (QED) is 0.434. The summed E-state index contributed by atoms with van der Waals surface area (Å²) >= 11 is 6.44. The van der Waals surface area contributed by atoms with Gasteiger partial charge in [0.05, 0.1) is 36.8 Å². The summed E-state index contributed by atoms with van der Waals surface area (Å²) in [5, 5.41) is 15.7. The fourth-order valence-corrected chi connectivity index (χ4v) is 6.40. The van der Waals surface area contributed by atoms with Crippen LogP contribution in [0, 0.1) is 18.8 Å². The van der Waals surface area contributed by atoms with Crippen molar-refractivity contribution in [2.45, 2.75) is 37.8 Å². The number of fused-ring (bicyclic) bond motifs is 4. The molecule has 3 aliphatic heterocycles. The van der Waals surface area contributed by atoms with Crippen LogP contribution >= 0.6 is 11.6 Å². The number of imide groups is 1. The zero-order chi connectivity index (χ0) is 27.4. The smallest absolute Gasteiger partial charge is 0.303 e. The molecule has 4 atom stereocenters. The summed E-state index contributed by atoms with van der Waals surface area (Å²) in [7, 11) is 3.06. The number of nitrogens with zero attached hydrogens (tertiary/aromatic N) is 1. The lowest BCUT2D eigenvalue weighted by Crippen LogP contribution is -2.53. The second-order valence-electron chi connectivity index (χ2n) is 9.89. The number of amides is 3. The molecule has 200 valence electrons. The molecule has 10 nitrogen and oxygen atoms in total. The number of carbonyl (C=O) groups is 4. The molecule has 0 saturated carbocycles. The number of methoxy groups -OCH3 is 2.